The average molecular weight is 399 g/mol. The molecule has 29 heavy (non-hydrogen) atoms. The Bertz CT molecular complexity index is 790. The highest BCUT2D eigenvalue weighted by atomic mass is 16.5. The van der Waals surface area contributed by atoms with Gasteiger partial charge < -0.3 is 24.4 Å². The third-order valence-corrected chi connectivity index (χ3v) is 5.54. The molecule has 0 radical (unpaired) electrons. The number of rotatable bonds is 10. The van der Waals surface area contributed by atoms with Crippen molar-refractivity contribution in [3.8, 4) is 17.2 Å². The zero-order valence-electron chi connectivity index (χ0n) is 18.2. The summed E-state index contributed by atoms with van der Waals surface area (Å²) >= 11 is 0. The standard InChI is InChI=1S/C24H34N2O3/c1-5-26(6-2)13-14-29-20-10-8-9-19(15-20)24-21-17-23(28-7-3)22(27-4)16-18(21)11-12-25-24/h8-10,15-17,24-25H,5-7,11-14H2,1-4H3. The lowest BCUT2D eigenvalue weighted by atomic mass is 9.89. The summed E-state index contributed by atoms with van der Waals surface area (Å²) in [6.45, 7) is 11.6. The molecule has 0 amide bonds. The number of benzene rings is 2. The molecular weight excluding hydrogens is 364 g/mol. The zero-order chi connectivity index (χ0) is 20.6. The summed E-state index contributed by atoms with van der Waals surface area (Å²) < 4.78 is 17.4. The molecule has 1 aliphatic rings. The molecule has 2 aromatic carbocycles. The topological polar surface area (TPSA) is 43.0 Å². The highest BCUT2D eigenvalue weighted by Crippen LogP contribution is 2.38. The van der Waals surface area contributed by atoms with Crippen molar-refractivity contribution in [3.63, 3.8) is 0 Å². The van der Waals surface area contributed by atoms with Crippen LogP contribution in [0.1, 0.15) is 43.5 Å². The number of ether oxygens (including phenoxy) is 3. The fourth-order valence-electron chi connectivity index (χ4n) is 3.91. The maximum absolute atomic E-state index is 6.04. The molecule has 1 N–H and O–H groups in total. The summed E-state index contributed by atoms with van der Waals surface area (Å²) in [4.78, 5) is 2.37. The molecule has 0 spiro atoms. The lowest BCUT2D eigenvalue weighted by Crippen LogP contribution is -2.30. The van der Waals surface area contributed by atoms with Crippen LogP contribution in [0, 0.1) is 0 Å². The summed E-state index contributed by atoms with van der Waals surface area (Å²) in [7, 11) is 1.70. The van der Waals surface area contributed by atoms with E-state index in [9.17, 15) is 0 Å². The Hall–Kier alpha value is -2.24. The van der Waals surface area contributed by atoms with Crippen molar-refractivity contribution < 1.29 is 14.2 Å². The van der Waals surface area contributed by atoms with Crippen molar-refractivity contribution in [2.45, 2.75) is 33.2 Å². The molecule has 5 nitrogen and oxygen atoms in total. The third-order valence-electron chi connectivity index (χ3n) is 5.54. The van der Waals surface area contributed by atoms with Gasteiger partial charge in [-0.1, -0.05) is 26.0 Å². The highest BCUT2D eigenvalue weighted by molar-refractivity contribution is 5.52. The number of fused-ring (bicyclic) bond motifs is 1. The molecule has 0 saturated carbocycles. The molecule has 0 fully saturated rings. The molecule has 0 bridgehead atoms. The summed E-state index contributed by atoms with van der Waals surface area (Å²) in [5, 5.41) is 3.66. The fraction of sp³-hybridized carbons (Fsp3) is 0.500. The van der Waals surface area contributed by atoms with E-state index < -0.39 is 0 Å². The molecule has 0 aliphatic carbocycles. The molecule has 3 rings (SSSR count). The Morgan fingerprint density at radius 3 is 2.59 bits per heavy atom. The Labute approximate surface area is 175 Å². The molecule has 1 atom stereocenters. The van der Waals surface area contributed by atoms with E-state index in [0.717, 1.165) is 49.8 Å². The van der Waals surface area contributed by atoms with E-state index in [1.54, 1.807) is 7.11 Å². The van der Waals surface area contributed by atoms with E-state index in [4.69, 9.17) is 14.2 Å². The van der Waals surface area contributed by atoms with Gasteiger partial charge in [-0.15, -0.1) is 0 Å². The first-order valence-corrected chi connectivity index (χ1v) is 10.7. The van der Waals surface area contributed by atoms with Gasteiger partial charge >= 0.3 is 0 Å². The monoisotopic (exact) mass is 398 g/mol. The minimum atomic E-state index is 0.121. The number of nitrogens with one attached hydrogen (secondary N) is 1. The van der Waals surface area contributed by atoms with Crippen molar-refractivity contribution in [1.29, 1.82) is 0 Å². The van der Waals surface area contributed by atoms with Crippen LogP contribution in [0.3, 0.4) is 0 Å². The number of hydrogen-bond acceptors (Lipinski definition) is 5. The predicted molar refractivity (Wildman–Crippen MR) is 117 cm³/mol. The Balaban J connectivity index is 1.80. The summed E-state index contributed by atoms with van der Waals surface area (Å²) in [5.74, 6) is 2.52. The quantitative estimate of drug-likeness (QED) is 0.654. The van der Waals surface area contributed by atoms with Crippen molar-refractivity contribution >= 4 is 0 Å². The lowest BCUT2D eigenvalue weighted by Gasteiger charge is -2.29. The largest absolute Gasteiger partial charge is 0.493 e. The van der Waals surface area contributed by atoms with Gasteiger partial charge in [0.15, 0.2) is 11.5 Å². The van der Waals surface area contributed by atoms with Gasteiger partial charge in [0.2, 0.25) is 0 Å². The minimum absolute atomic E-state index is 0.121. The normalized spacial score (nSPS) is 15.8. The van der Waals surface area contributed by atoms with E-state index in [0.29, 0.717) is 13.2 Å². The van der Waals surface area contributed by atoms with Gasteiger partial charge in [-0.2, -0.15) is 0 Å². The summed E-state index contributed by atoms with van der Waals surface area (Å²) in [6, 6.07) is 12.8. The molecule has 2 aromatic rings. The van der Waals surface area contributed by atoms with E-state index >= 15 is 0 Å². The van der Waals surface area contributed by atoms with Gasteiger partial charge in [-0.05, 0) is 67.4 Å². The molecule has 158 valence electrons. The molecular formula is C24H34N2O3. The summed E-state index contributed by atoms with van der Waals surface area (Å²) in [6.07, 6.45) is 0.981. The number of likely N-dealkylation sites (N-methyl/N-ethyl adjacent to an activating group) is 1. The maximum Gasteiger partial charge on any atom is 0.161 e. The van der Waals surface area contributed by atoms with Crippen LogP contribution in [0.25, 0.3) is 0 Å². The fourth-order valence-corrected chi connectivity index (χ4v) is 3.91. The van der Waals surface area contributed by atoms with Gasteiger partial charge in [-0.3, -0.25) is 0 Å². The van der Waals surface area contributed by atoms with Crippen LogP contribution in [0.4, 0.5) is 0 Å². The van der Waals surface area contributed by atoms with E-state index in [-0.39, 0.29) is 6.04 Å². The Kier molecular flexibility index (Phi) is 7.78. The molecule has 1 aliphatic heterocycles. The van der Waals surface area contributed by atoms with Crippen LogP contribution in [0.5, 0.6) is 17.2 Å². The van der Waals surface area contributed by atoms with Crippen LogP contribution >= 0.6 is 0 Å². The Morgan fingerprint density at radius 1 is 1.03 bits per heavy atom. The van der Waals surface area contributed by atoms with Gasteiger partial charge in [0.25, 0.3) is 0 Å². The summed E-state index contributed by atoms with van der Waals surface area (Å²) in [5.41, 5.74) is 3.77. The molecule has 1 heterocycles. The van der Waals surface area contributed by atoms with Crippen LogP contribution in [0.2, 0.25) is 0 Å². The first-order chi connectivity index (χ1) is 14.2. The van der Waals surface area contributed by atoms with Gasteiger partial charge in [0, 0.05) is 13.1 Å². The maximum atomic E-state index is 6.04. The number of methoxy groups -OCH3 is 1. The van der Waals surface area contributed by atoms with Crippen LogP contribution in [-0.4, -0.2) is 51.4 Å². The second-order valence-electron chi connectivity index (χ2n) is 7.22. The smallest absolute Gasteiger partial charge is 0.161 e. The van der Waals surface area contributed by atoms with Crippen molar-refractivity contribution in [2.24, 2.45) is 0 Å². The first-order valence-electron chi connectivity index (χ1n) is 10.7. The predicted octanol–water partition coefficient (Wildman–Crippen LogP) is 4.05. The molecule has 0 aromatic heterocycles. The first kappa shape index (κ1) is 21.5. The molecule has 0 saturated heterocycles. The van der Waals surface area contributed by atoms with Crippen molar-refractivity contribution in [3.05, 3.63) is 53.1 Å². The van der Waals surface area contributed by atoms with Crippen molar-refractivity contribution in [2.75, 3.05) is 46.5 Å². The van der Waals surface area contributed by atoms with E-state index in [2.05, 4.69) is 54.4 Å². The van der Waals surface area contributed by atoms with Gasteiger partial charge in [0.05, 0.1) is 19.8 Å². The number of nitrogens with zero attached hydrogens (tertiary/aromatic N) is 1. The van der Waals surface area contributed by atoms with Crippen LogP contribution < -0.4 is 19.5 Å². The SMILES string of the molecule is CCOc1cc2c(cc1OC)CCNC2c1cccc(OCCN(CC)CC)c1. The van der Waals surface area contributed by atoms with Gasteiger partial charge in [-0.25, -0.2) is 0 Å². The zero-order valence-corrected chi connectivity index (χ0v) is 18.2. The third kappa shape index (κ3) is 5.22. The second kappa shape index (κ2) is 10.5. The van der Waals surface area contributed by atoms with Crippen LogP contribution in [0.15, 0.2) is 36.4 Å². The molecule has 1 unspecified atom stereocenters. The number of hydrogen-bond donors (Lipinski definition) is 1. The van der Waals surface area contributed by atoms with Crippen molar-refractivity contribution in [1.82, 2.24) is 10.2 Å². The average Bonchev–Trinajstić information content (AvgIpc) is 2.76. The van der Waals surface area contributed by atoms with Crippen LogP contribution in [-0.2, 0) is 6.42 Å². The second-order valence-corrected chi connectivity index (χ2v) is 7.22. The van der Waals surface area contributed by atoms with E-state index in [1.807, 2.05) is 13.0 Å². The minimum Gasteiger partial charge on any atom is -0.493 e. The van der Waals surface area contributed by atoms with Gasteiger partial charge in [0.1, 0.15) is 12.4 Å². The Morgan fingerprint density at radius 2 is 1.86 bits per heavy atom. The highest BCUT2D eigenvalue weighted by Gasteiger charge is 2.24. The lowest BCUT2D eigenvalue weighted by molar-refractivity contribution is 0.222. The van der Waals surface area contributed by atoms with E-state index in [1.165, 1.54) is 16.7 Å². The molecule has 5 heteroatoms.